The van der Waals surface area contributed by atoms with Gasteiger partial charge in [0.1, 0.15) is 5.82 Å². The summed E-state index contributed by atoms with van der Waals surface area (Å²) < 4.78 is 19.8. The first-order chi connectivity index (χ1) is 9.65. The van der Waals surface area contributed by atoms with Crippen molar-refractivity contribution < 1.29 is 9.13 Å². The van der Waals surface area contributed by atoms with Crippen LogP contribution in [0.4, 0.5) is 4.39 Å². The van der Waals surface area contributed by atoms with Gasteiger partial charge in [-0.3, -0.25) is 11.3 Å². The lowest BCUT2D eigenvalue weighted by molar-refractivity contribution is 0.382. The Hall–Kier alpha value is -1.50. The summed E-state index contributed by atoms with van der Waals surface area (Å²) in [5.74, 6) is 5.80. The zero-order valence-electron chi connectivity index (χ0n) is 10.9. The number of benzene rings is 1. The van der Waals surface area contributed by atoms with Crippen molar-refractivity contribution in [3.05, 3.63) is 57.9 Å². The molecule has 1 aromatic carbocycles. The molecule has 6 heteroatoms. The molecule has 106 valence electrons. The highest BCUT2D eigenvalue weighted by molar-refractivity contribution is 9.10. The van der Waals surface area contributed by atoms with Crippen LogP contribution in [0.3, 0.4) is 0 Å². The highest BCUT2D eigenvalue weighted by Crippen LogP contribution is 2.26. The normalized spacial score (nSPS) is 12.2. The highest BCUT2D eigenvalue weighted by atomic mass is 79.9. The predicted molar refractivity (Wildman–Crippen MR) is 78.7 cm³/mol. The molecular formula is C14H15BrFN3O. The molecule has 0 fully saturated rings. The fourth-order valence-electron chi connectivity index (χ4n) is 2.00. The molecular weight excluding hydrogens is 325 g/mol. The van der Waals surface area contributed by atoms with E-state index in [-0.39, 0.29) is 11.9 Å². The quantitative estimate of drug-likeness (QED) is 0.649. The summed E-state index contributed by atoms with van der Waals surface area (Å²) in [6.07, 6.45) is 2.04. The summed E-state index contributed by atoms with van der Waals surface area (Å²) in [4.78, 5) is 4.13. The average molecular weight is 340 g/mol. The number of rotatable bonds is 5. The number of nitrogens with two attached hydrogens (primary N) is 1. The zero-order valence-corrected chi connectivity index (χ0v) is 12.5. The van der Waals surface area contributed by atoms with Crippen molar-refractivity contribution in [2.75, 3.05) is 7.11 Å². The lowest BCUT2D eigenvalue weighted by Gasteiger charge is -2.18. The SMILES string of the molecule is COc1ncccc1C(Cc1ccc(Br)cc1F)NN. The largest absolute Gasteiger partial charge is 0.481 e. The minimum Gasteiger partial charge on any atom is -0.481 e. The van der Waals surface area contributed by atoms with Crippen LogP contribution in [0.15, 0.2) is 41.0 Å². The Morgan fingerprint density at radius 2 is 2.25 bits per heavy atom. The summed E-state index contributed by atoms with van der Waals surface area (Å²) in [5, 5.41) is 0. The molecule has 0 saturated carbocycles. The third kappa shape index (κ3) is 3.33. The highest BCUT2D eigenvalue weighted by Gasteiger charge is 2.17. The molecule has 20 heavy (non-hydrogen) atoms. The molecule has 2 rings (SSSR count). The minimum absolute atomic E-state index is 0.275. The molecule has 0 aliphatic heterocycles. The smallest absolute Gasteiger partial charge is 0.217 e. The van der Waals surface area contributed by atoms with E-state index < -0.39 is 0 Å². The first kappa shape index (κ1) is 14.9. The average Bonchev–Trinajstić information content (AvgIpc) is 2.46. The van der Waals surface area contributed by atoms with Crippen LogP contribution in [0.1, 0.15) is 17.2 Å². The van der Waals surface area contributed by atoms with Gasteiger partial charge in [-0.2, -0.15) is 0 Å². The van der Waals surface area contributed by atoms with Crippen molar-refractivity contribution in [2.24, 2.45) is 5.84 Å². The maximum Gasteiger partial charge on any atom is 0.217 e. The van der Waals surface area contributed by atoms with Gasteiger partial charge in [0.15, 0.2) is 0 Å². The number of nitrogens with one attached hydrogen (secondary N) is 1. The van der Waals surface area contributed by atoms with Gasteiger partial charge in [0.2, 0.25) is 5.88 Å². The Morgan fingerprint density at radius 1 is 1.45 bits per heavy atom. The number of nitrogens with zero attached hydrogens (tertiary/aromatic N) is 1. The Kier molecular flexibility index (Phi) is 5.05. The van der Waals surface area contributed by atoms with Gasteiger partial charge in [0.25, 0.3) is 0 Å². The molecule has 1 aromatic heterocycles. The van der Waals surface area contributed by atoms with E-state index in [2.05, 4.69) is 26.3 Å². The van der Waals surface area contributed by atoms with E-state index in [0.717, 1.165) is 5.56 Å². The molecule has 1 atom stereocenters. The lowest BCUT2D eigenvalue weighted by atomic mass is 10.00. The van der Waals surface area contributed by atoms with Crippen molar-refractivity contribution in [1.29, 1.82) is 0 Å². The van der Waals surface area contributed by atoms with Crippen LogP contribution in [0.5, 0.6) is 5.88 Å². The van der Waals surface area contributed by atoms with E-state index in [9.17, 15) is 4.39 Å². The number of hydrazine groups is 1. The topological polar surface area (TPSA) is 60.2 Å². The van der Waals surface area contributed by atoms with Crippen LogP contribution in [-0.4, -0.2) is 12.1 Å². The second-order valence-corrected chi connectivity index (χ2v) is 5.18. The van der Waals surface area contributed by atoms with Crippen molar-refractivity contribution >= 4 is 15.9 Å². The van der Waals surface area contributed by atoms with Crippen molar-refractivity contribution in [3.63, 3.8) is 0 Å². The van der Waals surface area contributed by atoms with Crippen LogP contribution in [0.2, 0.25) is 0 Å². The number of hydrogen-bond acceptors (Lipinski definition) is 4. The van der Waals surface area contributed by atoms with E-state index >= 15 is 0 Å². The van der Waals surface area contributed by atoms with Crippen molar-refractivity contribution in [1.82, 2.24) is 10.4 Å². The number of hydrogen-bond donors (Lipinski definition) is 2. The number of ether oxygens (including phenoxy) is 1. The molecule has 0 radical (unpaired) electrons. The second-order valence-electron chi connectivity index (χ2n) is 4.26. The number of halogens is 2. The summed E-state index contributed by atoms with van der Waals surface area (Å²) >= 11 is 3.24. The van der Waals surface area contributed by atoms with Crippen LogP contribution >= 0.6 is 15.9 Å². The zero-order chi connectivity index (χ0) is 14.5. The van der Waals surface area contributed by atoms with Gasteiger partial charge < -0.3 is 4.74 Å². The minimum atomic E-state index is -0.283. The monoisotopic (exact) mass is 339 g/mol. The number of methoxy groups -OCH3 is 1. The van der Waals surface area contributed by atoms with Crippen LogP contribution < -0.4 is 16.0 Å². The van der Waals surface area contributed by atoms with E-state index in [1.54, 1.807) is 31.5 Å². The summed E-state index contributed by atoms with van der Waals surface area (Å²) in [6.45, 7) is 0. The van der Waals surface area contributed by atoms with Crippen LogP contribution in [-0.2, 0) is 6.42 Å². The molecule has 0 saturated heterocycles. The molecule has 4 nitrogen and oxygen atoms in total. The summed E-state index contributed by atoms with van der Waals surface area (Å²) in [7, 11) is 1.54. The third-order valence-electron chi connectivity index (χ3n) is 3.01. The van der Waals surface area contributed by atoms with E-state index in [4.69, 9.17) is 10.6 Å². The molecule has 0 aliphatic carbocycles. The summed E-state index contributed by atoms with van der Waals surface area (Å²) in [5.41, 5.74) is 4.05. The van der Waals surface area contributed by atoms with Gasteiger partial charge in [-0.1, -0.05) is 28.1 Å². The van der Waals surface area contributed by atoms with Crippen LogP contribution in [0.25, 0.3) is 0 Å². The fraction of sp³-hybridized carbons (Fsp3) is 0.214. The first-order valence-electron chi connectivity index (χ1n) is 6.04. The van der Waals surface area contributed by atoms with Gasteiger partial charge in [-0.15, -0.1) is 0 Å². The molecule has 1 heterocycles. The van der Waals surface area contributed by atoms with Crippen LogP contribution in [0, 0.1) is 5.82 Å². The molecule has 2 aromatic rings. The Morgan fingerprint density at radius 3 is 2.90 bits per heavy atom. The molecule has 1 unspecified atom stereocenters. The second kappa shape index (κ2) is 6.78. The van der Waals surface area contributed by atoms with Gasteiger partial charge in [0.05, 0.1) is 13.2 Å². The Bertz CT molecular complexity index is 594. The molecule has 0 amide bonds. The van der Waals surface area contributed by atoms with Crippen molar-refractivity contribution in [3.8, 4) is 5.88 Å². The maximum atomic E-state index is 13.9. The molecule has 0 aliphatic rings. The van der Waals surface area contributed by atoms with Gasteiger partial charge in [-0.25, -0.2) is 9.37 Å². The van der Waals surface area contributed by atoms with E-state index in [1.165, 1.54) is 6.07 Å². The first-order valence-corrected chi connectivity index (χ1v) is 6.84. The summed E-state index contributed by atoms with van der Waals surface area (Å²) in [6, 6.07) is 8.32. The molecule has 0 bridgehead atoms. The molecule has 0 spiro atoms. The lowest BCUT2D eigenvalue weighted by Crippen LogP contribution is -2.30. The number of pyridine rings is 1. The standard InChI is InChI=1S/C14H15BrFN3O/c1-20-14-11(3-2-6-18-14)13(19-17)7-9-4-5-10(15)8-12(9)16/h2-6,8,13,19H,7,17H2,1H3. The fourth-order valence-corrected chi connectivity index (χ4v) is 2.34. The van der Waals surface area contributed by atoms with Gasteiger partial charge >= 0.3 is 0 Å². The Labute approximate surface area is 125 Å². The Balaban J connectivity index is 2.29. The van der Waals surface area contributed by atoms with Gasteiger partial charge in [0, 0.05) is 16.2 Å². The van der Waals surface area contributed by atoms with E-state index in [0.29, 0.717) is 22.3 Å². The van der Waals surface area contributed by atoms with E-state index in [1.807, 2.05) is 6.07 Å². The van der Waals surface area contributed by atoms with Crippen molar-refractivity contribution in [2.45, 2.75) is 12.5 Å². The maximum absolute atomic E-state index is 13.9. The number of aromatic nitrogens is 1. The third-order valence-corrected chi connectivity index (χ3v) is 3.50. The molecule has 3 N–H and O–H groups in total. The predicted octanol–water partition coefficient (Wildman–Crippen LogP) is 2.74. The van der Waals surface area contributed by atoms with Gasteiger partial charge in [-0.05, 0) is 30.2 Å².